The fraction of sp³-hybridized carbons (Fsp3) is 0.391. The Bertz CT molecular complexity index is 835. The molecular weight excluding hydrogens is 304 g/mol. The van der Waals surface area contributed by atoms with E-state index in [1.54, 1.807) is 33.4 Å². The molecule has 2 aromatic carbocycles. The predicted octanol–water partition coefficient (Wildman–Crippen LogP) is 5.99. The highest BCUT2D eigenvalue weighted by Gasteiger charge is 2.31. The molecule has 1 unspecified atom stereocenters. The van der Waals surface area contributed by atoms with Gasteiger partial charge in [-0.2, -0.15) is 0 Å². The van der Waals surface area contributed by atoms with Crippen LogP contribution in [-0.4, -0.2) is 8.80 Å². The van der Waals surface area contributed by atoms with E-state index < -0.39 is 8.80 Å². The number of hydrogen-bond acceptors (Lipinski definition) is 0. The van der Waals surface area contributed by atoms with Crippen molar-refractivity contribution < 1.29 is 0 Å². The highest BCUT2D eigenvalue weighted by atomic mass is 28.3. The van der Waals surface area contributed by atoms with E-state index in [0.717, 1.165) is 5.54 Å². The number of benzene rings is 2. The van der Waals surface area contributed by atoms with Crippen LogP contribution >= 0.6 is 0 Å². The Balaban J connectivity index is 2.02. The standard InChI is InChI=1S/C23H28Si/c1-14-9-15(2)11-18(10-14)22-19-8-6-7-17(19)13-21-20(22)12-16(3)23(21)24(4)5/h9-13,23-24H,6-8H2,1-5H3. The van der Waals surface area contributed by atoms with Crippen molar-refractivity contribution in [3.8, 4) is 11.1 Å². The molecule has 0 spiro atoms. The SMILES string of the molecule is CC1=Cc2c(cc3c(c2-c2cc(C)cc(C)c2)CCC3)C1[SiH](C)C. The van der Waals surface area contributed by atoms with Gasteiger partial charge in [0.25, 0.3) is 0 Å². The molecule has 24 heavy (non-hydrogen) atoms. The average molecular weight is 333 g/mol. The second-order valence-electron chi connectivity index (χ2n) is 8.23. The van der Waals surface area contributed by atoms with Gasteiger partial charge in [0.1, 0.15) is 0 Å². The van der Waals surface area contributed by atoms with Gasteiger partial charge < -0.3 is 0 Å². The van der Waals surface area contributed by atoms with Gasteiger partial charge in [-0.25, -0.2) is 0 Å². The van der Waals surface area contributed by atoms with Crippen molar-refractivity contribution in [3.05, 3.63) is 63.2 Å². The molecule has 2 aromatic rings. The van der Waals surface area contributed by atoms with Crippen LogP contribution < -0.4 is 0 Å². The second kappa shape index (κ2) is 5.74. The van der Waals surface area contributed by atoms with Gasteiger partial charge in [-0.15, -0.1) is 0 Å². The average Bonchev–Trinajstić information content (AvgIpc) is 3.06. The zero-order valence-corrected chi connectivity index (χ0v) is 16.8. The van der Waals surface area contributed by atoms with E-state index in [1.807, 2.05) is 0 Å². The predicted molar refractivity (Wildman–Crippen MR) is 109 cm³/mol. The number of aryl methyl sites for hydroxylation is 3. The highest BCUT2D eigenvalue weighted by Crippen LogP contribution is 2.47. The summed E-state index contributed by atoms with van der Waals surface area (Å²) in [5.74, 6) is 0. The van der Waals surface area contributed by atoms with E-state index in [0.29, 0.717) is 0 Å². The van der Waals surface area contributed by atoms with Crippen LogP contribution in [0.1, 0.15) is 52.3 Å². The molecule has 0 saturated heterocycles. The first-order valence-electron chi connectivity index (χ1n) is 9.41. The first-order valence-corrected chi connectivity index (χ1v) is 12.4. The van der Waals surface area contributed by atoms with Gasteiger partial charge in [-0.3, -0.25) is 0 Å². The monoisotopic (exact) mass is 332 g/mol. The van der Waals surface area contributed by atoms with Crippen molar-refractivity contribution in [2.75, 3.05) is 0 Å². The Kier molecular flexibility index (Phi) is 3.80. The van der Waals surface area contributed by atoms with E-state index in [2.05, 4.69) is 64.2 Å². The maximum Gasteiger partial charge on any atom is 0.0439 e. The molecule has 0 saturated carbocycles. The van der Waals surface area contributed by atoms with Gasteiger partial charge in [-0.05, 0) is 79.0 Å². The van der Waals surface area contributed by atoms with Crippen LogP contribution in [-0.2, 0) is 12.8 Å². The van der Waals surface area contributed by atoms with Crippen molar-refractivity contribution in [2.24, 2.45) is 0 Å². The van der Waals surface area contributed by atoms with Crippen LogP contribution in [0, 0.1) is 13.8 Å². The van der Waals surface area contributed by atoms with Crippen LogP contribution in [0.25, 0.3) is 17.2 Å². The molecule has 0 fully saturated rings. The van der Waals surface area contributed by atoms with Crippen LogP contribution in [0.15, 0.2) is 29.8 Å². The largest absolute Gasteiger partial charge is 0.0714 e. The van der Waals surface area contributed by atoms with Crippen molar-refractivity contribution in [1.82, 2.24) is 0 Å². The lowest BCUT2D eigenvalue weighted by Crippen LogP contribution is -2.15. The van der Waals surface area contributed by atoms with Crippen LogP contribution in [0.2, 0.25) is 13.1 Å². The van der Waals surface area contributed by atoms with E-state index in [-0.39, 0.29) is 0 Å². The van der Waals surface area contributed by atoms with Crippen molar-refractivity contribution in [3.63, 3.8) is 0 Å². The lowest BCUT2D eigenvalue weighted by Gasteiger charge is -2.21. The molecule has 0 nitrogen and oxygen atoms in total. The molecule has 4 rings (SSSR count). The van der Waals surface area contributed by atoms with Gasteiger partial charge in [0.05, 0.1) is 0 Å². The summed E-state index contributed by atoms with van der Waals surface area (Å²) in [4.78, 5) is 0. The number of rotatable bonds is 2. The zero-order valence-electron chi connectivity index (χ0n) is 15.7. The van der Waals surface area contributed by atoms with E-state index >= 15 is 0 Å². The van der Waals surface area contributed by atoms with Crippen molar-refractivity contribution in [1.29, 1.82) is 0 Å². The summed E-state index contributed by atoms with van der Waals surface area (Å²) in [7, 11) is -0.747. The number of hydrogen-bond donors (Lipinski definition) is 0. The molecule has 0 aliphatic heterocycles. The first kappa shape index (κ1) is 15.9. The maximum atomic E-state index is 2.58. The highest BCUT2D eigenvalue weighted by molar-refractivity contribution is 6.58. The molecule has 0 N–H and O–H groups in total. The van der Waals surface area contributed by atoms with Gasteiger partial charge >= 0.3 is 0 Å². The van der Waals surface area contributed by atoms with Crippen LogP contribution in [0.4, 0.5) is 0 Å². The summed E-state index contributed by atoms with van der Waals surface area (Å²) < 4.78 is 0. The molecular formula is C23H28Si. The molecule has 0 aromatic heterocycles. The summed E-state index contributed by atoms with van der Waals surface area (Å²) in [5.41, 5.74) is 14.5. The normalized spacial score (nSPS) is 18.8. The molecule has 0 amide bonds. The quantitative estimate of drug-likeness (QED) is 0.593. The topological polar surface area (TPSA) is 0 Å². The minimum absolute atomic E-state index is 0.732. The van der Waals surface area contributed by atoms with Crippen LogP contribution in [0.3, 0.4) is 0 Å². The molecule has 2 aliphatic carbocycles. The van der Waals surface area contributed by atoms with Gasteiger partial charge in [-0.1, -0.05) is 60.1 Å². The fourth-order valence-corrected chi connectivity index (χ4v) is 7.24. The van der Waals surface area contributed by atoms with Gasteiger partial charge in [0, 0.05) is 8.80 Å². The Morgan fingerprint density at radius 2 is 1.62 bits per heavy atom. The minimum Gasteiger partial charge on any atom is -0.0714 e. The van der Waals surface area contributed by atoms with Gasteiger partial charge in [0.15, 0.2) is 0 Å². The maximum absolute atomic E-state index is 2.58. The Hall–Kier alpha value is -1.60. The third-order valence-corrected chi connectivity index (χ3v) is 8.07. The molecule has 124 valence electrons. The van der Waals surface area contributed by atoms with E-state index in [4.69, 9.17) is 0 Å². The van der Waals surface area contributed by atoms with E-state index in [1.165, 1.54) is 36.0 Å². The Labute approximate surface area is 148 Å². The lowest BCUT2D eigenvalue weighted by molar-refractivity contribution is 0.911. The Morgan fingerprint density at radius 1 is 0.917 bits per heavy atom. The third kappa shape index (κ3) is 2.41. The number of allylic oxidation sites excluding steroid dienone is 1. The van der Waals surface area contributed by atoms with E-state index in [9.17, 15) is 0 Å². The van der Waals surface area contributed by atoms with Crippen LogP contribution in [0.5, 0.6) is 0 Å². The lowest BCUT2D eigenvalue weighted by atomic mass is 9.88. The summed E-state index contributed by atoms with van der Waals surface area (Å²) >= 11 is 0. The minimum atomic E-state index is -0.747. The molecule has 1 atom stereocenters. The smallest absolute Gasteiger partial charge is 0.0439 e. The number of fused-ring (bicyclic) bond motifs is 2. The summed E-state index contributed by atoms with van der Waals surface area (Å²) in [6.07, 6.45) is 6.36. The van der Waals surface area contributed by atoms with Gasteiger partial charge in [0.2, 0.25) is 0 Å². The summed E-state index contributed by atoms with van der Waals surface area (Å²) in [6.45, 7) is 11.8. The first-order chi connectivity index (χ1) is 11.5. The molecule has 0 bridgehead atoms. The Morgan fingerprint density at radius 3 is 2.29 bits per heavy atom. The molecule has 0 heterocycles. The molecule has 2 aliphatic rings. The molecule has 1 heteroatoms. The van der Waals surface area contributed by atoms with Crippen molar-refractivity contribution >= 4 is 14.9 Å². The molecule has 0 radical (unpaired) electrons. The summed E-state index contributed by atoms with van der Waals surface area (Å²) in [5, 5.41) is 0. The summed E-state index contributed by atoms with van der Waals surface area (Å²) in [6, 6.07) is 9.65. The third-order valence-electron chi connectivity index (χ3n) is 5.85. The zero-order chi connectivity index (χ0) is 17.0. The van der Waals surface area contributed by atoms with Crippen molar-refractivity contribution in [2.45, 2.75) is 58.7 Å². The second-order valence-corrected chi connectivity index (χ2v) is 11.4. The fourth-order valence-electron chi connectivity index (χ4n) is 5.09.